The second-order valence-corrected chi connectivity index (χ2v) is 10.4. The van der Waals surface area contributed by atoms with Gasteiger partial charge in [0, 0.05) is 18.2 Å². The summed E-state index contributed by atoms with van der Waals surface area (Å²) >= 11 is 6.65. The number of hydrogen-bond donors (Lipinski definition) is 1. The number of nitrogens with one attached hydrogen (secondary N) is 1. The van der Waals surface area contributed by atoms with Crippen molar-refractivity contribution in [3.63, 3.8) is 0 Å². The highest BCUT2D eigenvalue weighted by Crippen LogP contribution is 2.44. The Kier molecular flexibility index (Phi) is 7.67. The number of hydrogen-bond acceptors (Lipinski definition) is 7. The highest BCUT2D eigenvalue weighted by molar-refractivity contribution is 8.26. The molecule has 2 heterocycles. The van der Waals surface area contributed by atoms with E-state index in [9.17, 15) is 14.4 Å². The molecule has 0 spiro atoms. The molecule has 0 aliphatic carbocycles. The van der Waals surface area contributed by atoms with E-state index in [0.717, 1.165) is 17.3 Å². The van der Waals surface area contributed by atoms with Crippen molar-refractivity contribution < 1.29 is 23.9 Å². The third-order valence-corrected chi connectivity index (χ3v) is 7.90. The maximum absolute atomic E-state index is 13.7. The number of para-hydroxylation sites is 1. The Balaban J connectivity index is 1.38. The van der Waals surface area contributed by atoms with Gasteiger partial charge in [-0.2, -0.15) is 0 Å². The fourth-order valence-corrected chi connectivity index (χ4v) is 5.90. The molecule has 3 aromatic rings. The Labute approximate surface area is 235 Å². The van der Waals surface area contributed by atoms with Crippen LogP contribution >= 0.6 is 24.0 Å². The number of fused-ring (bicyclic) bond motifs is 1. The lowest BCUT2D eigenvalue weighted by Gasteiger charge is -2.18. The normalized spacial score (nSPS) is 16.5. The first kappa shape index (κ1) is 26.5. The van der Waals surface area contributed by atoms with Crippen LogP contribution in [0.5, 0.6) is 11.5 Å². The summed E-state index contributed by atoms with van der Waals surface area (Å²) in [5.41, 5.74) is 2.96. The fraction of sp³-hybridized carbons (Fsp3) is 0.172. The average Bonchev–Trinajstić information content (AvgIpc) is 3.39. The molecule has 3 amide bonds. The first-order chi connectivity index (χ1) is 18.9. The molecule has 1 fully saturated rings. The lowest BCUT2D eigenvalue weighted by molar-refractivity contribution is -0.122. The molecule has 0 aromatic heterocycles. The van der Waals surface area contributed by atoms with Crippen molar-refractivity contribution >= 4 is 63.0 Å². The van der Waals surface area contributed by atoms with Gasteiger partial charge in [-0.15, -0.1) is 0 Å². The van der Waals surface area contributed by atoms with Crippen molar-refractivity contribution in [2.24, 2.45) is 0 Å². The van der Waals surface area contributed by atoms with E-state index in [1.54, 1.807) is 42.5 Å². The van der Waals surface area contributed by atoms with E-state index >= 15 is 0 Å². The monoisotopic (exact) mass is 559 g/mol. The van der Waals surface area contributed by atoms with E-state index in [-0.39, 0.29) is 22.9 Å². The molecule has 0 bridgehead atoms. The van der Waals surface area contributed by atoms with E-state index in [1.165, 1.54) is 24.0 Å². The van der Waals surface area contributed by atoms with Crippen molar-refractivity contribution in [1.29, 1.82) is 0 Å². The highest BCUT2D eigenvalue weighted by atomic mass is 32.2. The molecule has 39 heavy (non-hydrogen) atoms. The summed E-state index contributed by atoms with van der Waals surface area (Å²) in [6.07, 6.45) is 0.640. The predicted molar refractivity (Wildman–Crippen MR) is 156 cm³/mol. The van der Waals surface area contributed by atoms with Gasteiger partial charge in [0.15, 0.2) is 0 Å². The van der Waals surface area contributed by atoms with Crippen molar-refractivity contribution in [2.75, 3.05) is 37.5 Å². The largest absolute Gasteiger partial charge is 0.497 e. The van der Waals surface area contributed by atoms with E-state index in [4.69, 9.17) is 21.7 Å². The smallest absolute Gasteiger partial charge is 0.267 e. The van der Waals surface area contributed by atoms with Crippen LogP contribution in [0, 0.1) is 0 Å². The van der Waals surface area contributed by atoms with Gasteiger partial charge >= 0.3 is 0 Å². The van der Waals surface area contributed by atoms with Crippen LogP contribution in [0.1, 0.15) is 11.1 Å². The molecule has 1 saturated heterocycles. The van der Waals surface area contributed by atoms with Gasteiger partial charge in [0.2, 0.25) is 5.91 Å². The minimum absolute atomic E-state index is 0.247. The Bertz CT molecular complexity index is 1510. The van der Waals surface area contributed by atoms with Crippen molar-refractivity contribution in [3.8, 4) is 11.5 Å². The van der Waals surface area contributed by atoms with Crippen LogP contribution in [0.25, 0.3) is 5.57 Å². The van der Waals surface area contributed by atoms with Crippen LogP contribution in [0.3, 0.4) is 0 Å². The number of methoxy groups -OCH3 is 2. The van der Waals surface area contributed by atoms with Crippen LogP contribution in [0.4, 0.5) is 11.4 Å². The zero-order valence-electron chi connectivity index (χ0n) is 21.3. The third kappa shape index (κ3) is 5.25. The molecular weight excluding hydrogens is 534 g/mol. The van der Waals surface area contributed by atoms with Gasteiger partial charge in [-0.1, -0.05) is 72.5 Å². The van der Waals surface area contributed by atoms with E-state index in [0.29, 0.717) is 45.7 Å². The van der Waals surface area contributed by atoms with Crippen LogP contribution in [-0.4, -0.2) is 54.3 Å². The van der Waals surface area contributed by atoms with E-state index in [1.807, 2.05) is 30.3 Å². The first-order valence-electron chi connectivity index (χ1n) is 12.2. The van der Waals surface area contributed by atoms with Crippen LogP contribution in [0.15, 0.2) is 77.7 Å². The second-order valence-electron chi connectivity index (χ2n) is 8.79. The standard InChI is InChI=1S/C29H25N3O5S2/c1-36-19-12-13-21(23(16-19)37-2)30-24(33)17-32-22-11-7-6-10-20(22)25(27(32)34)26-28(35)31(29(38)39-26)15-14-18-8-4-3-5-9-18/h3-13,16H,14-15,17H2,1-2H3,(H,30,33)/b26-25-. The second kappa shape index (κ2) is 11.3. The van der Waals surface area contributed by atoms with Crippen molar-refractivity contribution in [1.82, 2.24) is 4.90 Å². The number of anilines is 2. The van der Waals surface area contributed by atoms with Gasteiger partial charge in [0.05, 0.1) is 36.1 Å². The number of rotatable bonds is 8. The van der Waals surface area contributed by atoms with Gasteiger partial charge in [-0.05, 0) is 30.2 Å². The van der Waals surface area contributed by atoms with Gasteiger partial charge in [-0.3, -0.25) is 24.2 Å². The van der Waals surface area contributed by atoms with Gasteiger partial charge < -0.3 is 14.8 Å². The number of ether oxygens (including phenoxy) is 2. The topological polar surface area (TPSA) is 88.2 Å². The summed E-state index contributed by atoms with van der Waals surface area (Å²) in [4.78, 5) is 43.4. The van der Waals surface area contributed by atoms with Crippen LogP contribution in [0.2, 0.25) is 0 Å². The third-order valence-electron chi connectivity index (χ3n) is 6.45. The SMILES string of the molecule is COc1ccc(NC(=O)CN2C(=O)/C(=C3\SC(=S)N(CCc4ccccc4)C3=O)c3ccccc32)c(OC)c1. The van der Waals surface area contributed by atoms with Crippen LogP contribution in [-0.2, 0) is 20.8 Å². The Morgan fingerprint density at radius 3 is 2.41 bits per heavy atom. The summed E-state index contributed by atoms with van der Waals surface area (Å²) in [6.45, 7) is 0.167. The molecule has 198 valence electrons. The summed E-state index contributed by atoms with van der Waals surface area (Å²) in [5.74, 6) is -0.127. The number of carbonyl (C=O) groups excluding carboxylic acids is 3. The predicted octanol–water partition coefficient (Wildman–Crippen LogP) is 4.50. The number of nitrogens with zero attached hydrogens (tertiary/aromatic N) is 2. The quantitative estimate of drug-likeness (QED) is 0.321. The maximum Gasteiger partial charge on any atom is 0.267 e. The molecule has 2 aliphatic heterocycles. The van der Waals surface area contributed by atoms with E-state index in [2.05, 4.69) is 5.32 Å². The molecule has 5 rings (SSSR count). The molecule has 8 nitrogen and oxygen atoms in total. The highest BCUT2D eigenvalue weighted by Gasteiger charge is 2.42. The number of thiocarbonyl (C=S) groups is 1. The number of benzene rings is 3. The molecule has 3 aromatic carbocycles. The minimum atomic E-state index is -0.420. The molecule has 0 saturated carbocycles. The Morgan fingerprint density at radius 2 is 1.67 bits per heavy atom. The Morgan fingerprint density at radius 1 is 0.923 bits per heavy atom. The lowest BCUT2D eigenvalue weighted by atomic mass is 10.1. The molecule has 1 N–H and O–H groups in total. The van der Waals surface area contributed by atoms with Crippen molar-refractivity contribution in [2.45, 2.75) is 6.42 Å². The molecule has 0 radical (unpaired) electrons. The summed E-state index contributed by atoms with van der Waals surface area (Å²) in [6, 6.07) is 22.0. The van der Waals surface area contributed by atoms with E-state index < -0.39 is 11.8 Å². The first-order valence-corrected chi connectivity index (χ1v) is 13.4. The van der Waals surface area contributed by atoms with Gasteiger partial charge in [0.1, 0.15) is 22.4 Å². The van der Waals surface area contributed by atoms with Crippen molar-refractivity contribution in [3.05, 3.63) is 88.8 Å². The zero-order valence-corrected chi connectivity index (χ0v) is 22.9. The average molecular weight is 560 g/mol. The molecule has 0 atom stereocenters. The summed E-state index contributed by atoms with van der Waals surface area (Å²) in [7, 11) is 3.03. The minimum Gasteiger partial charge on any atom is -0.497 e. The lowest BCUT2D eigenvalue weighted by Crippen LogP contribution is -2.35. The van der Waals surface area contributed by atoms with Gasteiger partial charge in [0.25, 0.3) is 11.8 Å². The summed E-state index contributed by atoms with van der Waals surface area (Å²) in [5, 5.41) is 2.80. The fourth-order valence-electron chi connectivity index (χ4n) is 4.52. The zero-order chi connectivity index (χ0) is 27.5. The van der Waals surface area contributed by atoms with Crippen LogP contribution < -0.4 is 19.7 Å². The number of carbonyl (C=O) groups is 3. The molecule has 10 heteroatoms. The number of thioether (sulfide) groups is 1. The van der Waals surface area contributed by atoms with Gasteiger partial charge in [-0.25, -0.2) is 0 Å². The molecule has 2 aliphatic rings. The maximum atomic E-state index is 13.7. The molecular formula is C29H25N3O5S2. The number of amides is 3. The molecule has 0 unspecified atom stereocenters. The Hall–Kier alpha value is -4.15. The summed E-state index contributed by atoms with van der Waals surface area (Å²) < 4.78 is 11.0.